The van der Waals surface area contributed by atoms with Crippen LogP contribution in [0.5, 0.6) is 0 Å². The number of hydrogen-bond donors (Lipinski definition) is 1. The van der Waals surface area contributed by atoms with Gasteiger partial charge in [-0.2, -0.15) is 0 Å². The molecule has 1 aromatic heterocycles. The molecular weight excluding hydrogens is 210 g/mol. The van der Waals surface area contributed by atoms with E-state index in [0.717, 1.165) is 25.2 Å². The van der Waals surface area contributed by atoms with Gasteiger partial charge in [0.25, 0.3) is 0 Å². The second-order valence-electron chi connectivity index (χ2n) is 4.58. The van der Waals surface area contributed by atoms with Gasteiger partial charge in [-0.05, 0) is 25.6 Å². The third-order valence-electron chi connectivity index (χ3n) is 3.23. The zero-order valence-electron chi connectivity index (χ0n) is 11.1. The van der Waals surface area contributed by atoms with Crippen molar-refractivity contribution >= 4 is 0 Å². The van der Waals surface area contributed by atoms with Gasteiger partial charge < -0.3 is 10.6 Å². The minimum atomic E-state index is 0.513. The highest BCUT2D eigenvalue weighted by molar-refractivity contribution is 5.03. The number of rotatable bonds is 8. The van der Waals surface area contributed by atoms with Gasteiger partial charge in [-0.1, -0.05) is 25.8 Å². The quantitative estimate of drug-likeness (QED) is 0.750. The molecule has 0 aromatic carbocycles. The van der Waals surface area contributed by atoms with E-state index in [1.54, 1.807) is 0 Å². The first kappa shape index (κ1) is 14.1. The molecule has 0 aliphatic heterocycles. The minimum absolute atomic E-state index is 0.513. The van der Waals surface area contributed by atoms with E-state index in [9.17, 15) is 0 Å². The molecule has 1 aromatic rings. The Labute approximate surface area is 105 Å². The molecule has 1 rings (SSSR count). The van der Waals surface area contributed by atoms with E-state index in [0.29, 0.717) is 6.04 Å². The molecule has 0 saturated carbocycles. The summed E-state index contributed by atoms with van der Waals surface area (Å²) in [5.74, 6) is 0. The highest BCUT2D eigenvalue weighted by atomic mass is 15.1. The first-order chi connectivity index (χ1) is 8.27. The third kappa shape index (κ3) is 5.29. The molecule has 17 heavy (non-hydrogen) atoms. The molecule has 1 heterocycles. The molecular formula is C14H25N3. The van der Waals surface area contributed by atoms with Crippen molar-refractivity contribution in [1.29, 1.82) is 0 Å². The van der Waals surface area contributed by atoms with E-state index in [2.05, 4.69) is 29.9 Å². The normalized spacial score (nSPS) is 12.9. The van der Waals surface area contributed by atoms with E-state index >= 15 is 0 Å². The van der Waals surface area contributed by atoms with Crippen LogP contribution in [0.25, 0.3) is 0 Å². The summed E-state index contributed by atoms with van der Waals surface area (Å²) in [4.78, 5) is 6.71. The Hall–Kier alpha value is -0.930. The van der Waals surface area contributed by atoms with Crippen molar-refractivity contribution in [2.75, 3.05) is 20.1 Å². The molecule has 96 valence electrons. The Kier molecular flexibility index (Phi) is 6.82. The van der Waals surface area contributed by atoms with Crippen LogP contribution in [-0.4, -0.2) is 36.1 Å². The summed E-state index contributed by atoms with van der Waals surface area (Å²) in [6.07, 6.45) is 6.55. The second kappa shape index (κ2) is 8.20. The number of hydrogen-bond acceptors (Lipinski definition) is 3. The van der Waals surface area contributed by atoms with E-state index in [4.69, 9.17) is 5.73 Å². The number of likely N-dealkylation sites (N-methyl/N-ethyl adjacent to an activating group) is 1. The molecule has 3 heteroatoms. The molecule has 0 amide bonds. The number of unbranched alkanes of at least 4 members (excludes halogenated alkanes) is 1. The molecule has 0 aliphatic carbocycles. The van der Waals surface area contributed by atoms with Crippen LogP contribution >= 0.6 is 0 Å². The number of nitrogens with two attached hydrogens (primary N) is 1. The van der Waals surface area contributed by atoms with Crippen LogP contribution in [0.1, 0.15) is 31.9 Å². The number of aromatic nitrogens is 1. The summed E-state index contributed by atoms with van der Waals surface area (Å²) in [5, 5.41) is 0. The molecule has 2 N–H and O–H groups in total. The second-order valence-corrected chi connectivity index (χ2v) is 4.58. The standard InChI is InChI=1S/C14H25N3/c1-3-4-8-14(12-15)17(2)11-9-13-7-5-6-10-16-13/h5-7,10,14H,3-4,8-9,11-12,15H2,1-2H3. The van der Waals surface area contributed by atoms with Crippen LogP contribution in [0.4, 0.5) is 0 Å². The summed E-state index contributed by atoms with van der Waals surface area (Å²) in [6.45, 7) is 4.00. The van der Waals surface area contributed by atoms with E-state index in [-0.39, 0.29) is 0 Å². The lowest BCUT2D eigenvalue weighted by Crippen LogP contribution is -2.39. The predicted octanol–water partition coefficient (Wildman–Crippen LogP) is 2.07. The van der Waals surface area contributed by atoms with Crippen molar-refractivity contribution in [3.05, 3.63) is 30.1 Å². The van der Waals surface area contributed by atoms with Crippen molar-refractivity contribution in [3.63, 3.8) is 0 Å². The van der Waals surface area contributed by atoms with Gasteiger partial charge >= 0.3 is 0 Å². The average molecular weight is 235 g/mol. The van der Waals surface area contributed by atoms with Crippen molar-refractivity contribution in [1.82, 2.24) is 9.88 Å². The average Bonchev–Trinajstić information content (AvgIpc) is 2.38. The third-order valence-corrected chi connectivity index (χ3v) is 3.23. The largest absolute Gasteiger partial charge is 0.329 e. The van der Waals surface area contributed by atoms with Gasteiger partial charge in [0.2, 0.25) is 0 Å². The molecule has 1 atom stereocenters. The maximum Gasteiger partial charge on any atom is 0.0416 e. The lowest BCUT2D eigenvalue weighted by molar-refractivity contribution is 0.233. The molecule has 0 aliphatic rings. The van der Waals surface area contributed by atoms with Gasteiger partial charge in [0.1, 0.15) is 0 Å². The Balaban J connectivity index is 2.34. The van der Waals surface area contributed by atoms with Crippen LogP contribution < -0.4 is 5.73 Å². The number of nitrogens with zero attached hydrogens (tertiary/aromatic N) is 2. The topological polar surface area (TPSA) is 42.1 Å². The maximum absolute atomic E-state index is 5.83. The van der Waals surface area contributed by atoms with Gasteiger partial charge in [-0.25, -0.2) is 0 Å². The van der Waals surface area contributed by atoms with Crippen molar-refractivity contribution in [3.8, 4) is 0 Å². The first-order valence-corrected chi connectivity index (χ1v) is 6.58. The Bertz CT molecular complexity index is 287. The Morgan fingerprint density at radius 2 is 2.24 bits per heavy atom. The molecule has 3 nitrogen and oxygen atoms in total. The van der Waals surface area contributed by atoms with Crippen LogP contribution in [0, 0.1) is 0 Å². The highest BCUT2D eigenvalue weighted by Crippen LogP contribution is 2.07. The minimum Gasteiger partial charge on any atom is -0.329 e. The number of pyridine rings is 1. The first-order valence-electron chi connectivity index (χ1n) is 6.58. The predicted molar refractivity (Wildman–Crippen MR) is 72.9 cm³/mol. The van der Waals surface area contributed by atoms with Crippen LogP contribution in [0.15, 0.2) is 24.4 Å². The maximum atomic E-state index is 5.83. The summed E-state index contributed by atoms with van der Waals surface area (Å²) >= 11 is 0. The summed E-state index contributed by atoms with van der Waals surface area (Å²) in [7, 11) is 2.16. The van der Waals surface area contributed by atoms with Gasteiger partial charge in [-0.15, -0.1) is 0 Å². The SMILES string of the molecule is CCCCC(CN)N(C)CCc1ccccn1. The monoisotopic (exact) mass is 235 g/mol. The summed E-state index contributed by atoms with van der Waals surface area (Å²) < 4.78 is 0. The molecule has 0 bridgehead atoms. The summed E-state index contributed by atoms with van der Waals surface area (Å²) in [6, 6.07) is 6.59. The van der Waals surface area contributed by atoms with Crippen LogP contribution in [0.3, 0.4) is 0 Å². The summed E-state index contributed by atoms with van der Waals surface area (Å²) in [5.41, 5.74) is 6.98. The Morgan fingerprint density at radius 1 is 1.41 bits per heavy atom. The molecule has 1 unspecified atom stereocenters. The van der Waals surface area contributed by atoms with Crippen molar-refractivity contribution in [2.45, 2.75) is 38.6 Å². The van der Waals surface area contributed by atoms with Gasteiger partial charge in [0.15, 0.2) is 0 Å². The van der Waals surface area contributed by atoms with Crippen LogP contribution in [-0.2, 0) is 6.42 Å². The molecule has 0 spiro atoms. The lowest BCUT2D eigenvalue weighted by atomic mass is 10.1. The van der Waals surface area contributed by atoms with Gasteiger partial charge in [0, 0.05) is 37.4 Å². The zero-order valence-corrected chi connectivity index (χ0v) is 11.1. The van der Waals surface area contributed by atoms with E-state index in [1.165, 1.54) is 19.3 Å². The molecule has 0 saturated heterocycles. The molecule has 0 radical (unpaired) electrons. The fourth-order valence-electron chi connectivity index (χ4n) is 1.98. The Morgan fingerprint density at radius 3 is 2.82 bits per heavy atom. The van der Waals surface area contributed by atoms with Gasteiger partial charge in [-0.3, -0.25) is 4.98 Å². The smallest absolute Gasteiger partial charge is 0.0416 e. The zero-order chi connectivity index (χ0) is 12.5. The van der Waals surface area contributed by atoms with E-state index in [1.807, 2.05) is 18.3 Å². The van der Waals surface area contributed by atoms with Crippen LogP contribution in [0.2, 0.25) is 0 Å². The van der Waals surface area contributed by atoms with Gasteiger partial charge in [0.05, 0.1) is 0 Å². The lowest BCUT2D eigenvalue weighted by Gasteiger charge is -2.26. The van der Waals surface area contributed by atoms with E-state index < -0.39 is 0 Å². The fourth-order valence-corrected chi connectivity index (χ4v) is 1.98. The molecule has 0 fully saturated rings. The van der Waals surface area contributed by atoms with Crippen molar-refractivity contribution < 1.29 is 0 Å². The fraction of sp³-hybridized carbons (Fsp3) is 0.643. The van der Waals surface area contributed by atoms with Crippen molar-refractivity contribution in [2.24, 2.45) is 5.73 Å². The highest BCUT2D eigenvalue weighted by Gasteiger charge is 2.12.